The van der Waals surface area contributed by atoms with E-state index in [9.17, 15) is 5.11 Å². The van der Waals surface area contributed by atoms with Gasteiger partial charge >= 0.3 is 0 Å². The molecule has 1 rings (SSSR count). The van der Waals surface area contributed by atoms with Crippen LogP contribution in [-0.4, -0.2) is 32.4 Å². The fraction of sp³-hybridized carbons (Fsp3) is 0.538. The topological polar surface area (TPSA) is 35.5 Å². The van der Waals surface area contributed by atoms with Crippen LogP contribution in [0.25, 0.3) is 0 Å². The quantitative estimate of drug-likeness (QED) is 0.801. The molecule has 3 nitrogen and oxygen atoms in total. The third-order valence-electron chi connectivity index (χ3n) is 2.57. The zero-order chi connectivity index (χ0) is 12.2. The zero-order valence-electron chi connectivity index (χ0n) is 10.6. The molecule has 0 fully saturated rings. The van der Waals surface area contributed by atoms with E-state index in [0.717, 1.165) is 17.9 Å². The lowest BCUT2D eigenvalue weighted by Gasteiger charge is -2.25. The summed E-state index contributed by atoms with van der Waals surface area (Å²) in [6.45, 7) is 5.02. The number of aliphatic hydroxyl groups excluding tert-OH is 1. The molecule has 0 atom stereocenters. The van der Waals surface area contributed by atoms with Crippen molar-refractivity contribution in [1.29, 1.82) is 0 Å². The number of aliphatic hydroxyl groups is 1. The van der Waals surface area contributed by atoms with Crippen LogP contribution in [0.3, 0.4) is 0 Å². The van der Waals surface area contributed by atoms with Crippen molar-refractivity contribution in [2.24, 2.45) is 5.41 Å². The maximum absolute atomic E-state index is 9.20. The fourth-order valence-electron chi connectivity index (χ4n) is 1.40. The predicted octanol–water partition coefficient (Wildman–Crippen LogP) is 2.18. The highest BCUT2D eigenvalue weighted by Crippen LogP contribution is 2.25. The lowest BCUT2D eigenvalue weighted by atomic mass is 9.95. The molecule has 3 heteroatoms. The van der Waals surface area contributed by atoms with Crippen molar-refractivity contribution in [2.75, 3.05) is 37.5 Å². The number of hydrogen-bond donors (Lipinski definition) is 2. The molecule has 0 aromatic heterocycles. The molecule has 16 heavy (non-hydrogen) atoms. The van der Waals surface area contributed by atoms with E-state index in [2.05, 4.69) is 22.3 Å². The molecule has 0 aliphatic carbocycles. The van der Waals surface area contributed by atoms with E-state index in [0.29, 0.717) is 0 Å². The lowest BCUT2D eigenvalue weighted by Crippen LogP contribution is -2.27. The Morgan fingerprint density at radius 1 is 1.25 bits per heavy atom. The van der Waals surface area contributed by atoms with Crippen LogP contribution in [0, 0.1) is 5.41 Å². The molecule has 2 N–H and O–H groups in total. The highest BCUT2D eigenvalue weighted by molar-refractivity contribution is 5.69. The van der Waals surface area contributed by atoms with E-state index in [1.54, 1.807) is 0 Å². The van der Waals surface area contributed by atoms with Gasteiger partial charge in [-0.25, -0.2) is 0 Å². The summed E-state index contributed by atoms with van der Waals surface area (Å²) in [6.07, 6.45) is 0. The molecule has 1 aromatic carbocycles. The average molecular weight is 222 g/mol. The Morgan fingerprint density at radius 3 is 2.44 bits per heavy atom. The molecule has 0 saturated carbocycles. The first-order chi connectivity index (χ1) is 7.46. The second-order valence-corrected chi connectivity index (χ2v) is 5.09. The van der Waals surface area contributed by atoms with E-state index < -0.39 is 0 Å². The largest absolute Gasteiger partial charge is 0.396 e. The van der Waals surface area contributed by atoms with Crippen molar-refractivity contribution in [3.8, 4) is 0 Å². The van der Waals surface area contributed by atoms with E-state index in [4.69, 9.17) is 0 Å². The van der Waals surface area contributed by atoms with E-state index in [1.165, 1.54) is 0 Å². The monoisotopic (exact) mass is 222 g/mol. The van der Waals surface area contributed by atoms with Crippen molar-refractivity contribution < 1.29 is 5.11 Å². The smallest absolute Gasteiger partial charge is 0.0596 e. The Hall–Kier alpha value is -1.22. The summed E-state index contributed by atoms with van der Waals surface area (Å²) in [6, 6.07) is 8.18. The normalized spacial score (nSPS) is 11.3. The average Bonchev–Trinajstić information content (AvgIpc) is 2.27. The van der Waals surface area contributed by atoms with Crippen LogP contribution < -0.4 is 10.2 Å². The maximum atomic E-state index is 9.20. The summed E-state index contributed by atoms with van der Waals surface area (Å²) in [5, 5.41) is 12.6. The first-order valence-electron chi connectivity index (χ1n) is 5.57. The molecule has 90 valence electrons. The molecule has 0 heterocycles. The SMILES string of the molecule is CN(C)c1ccccc1NCC(C)(C)CO. The second-order valence-electron chi connectivity index (χ2n) is 5.09. The second kappa shape index (κ2) is 5.21. The Morgan fingerprint density at radius 2 is 1.88 bits per heavy atom. The Kier molecular flexibility index (Phi) is 4.19. The van der Waals surface area contributed by atoms with Gasteiger partial charge in [-0.15, -0.1) is 0 Å². The summed E-state index contributed by atoms with van der Waals surface area (Å²) in [4.78, 5) is 2.08. The zero-order valence-corrected chi connectivity index (χ0v) is 10.6. The molecular weight excluding hydrogens is 200 g/mol. The van der Waals surface area contributed by atoms with Crippen LogP contribution in [-0.2, 0) is 0 Å². The molecule has 0 amide bonds. The minimum atomic E-state index is -0.0978. The highest BCUT2D eigenvalue weighted by Gasteiger charge is 2.16. The number of benzene rings is 1. The van der Waals surface area contributed by atoms with E-state index >= 15 is 0 Å². The molecule has 0 radical (unpaired) electrons. The molecule has 0 bridgehead atoms. The van der Waals surface area contributed by atoms with Gasteiger partial charge in [0.25, 0.3) is 0 Å². The maximum Gasteiger partial charge on any atom is 0.0596 e. The van der Waals surface area contributed by atoms with Gasteiger partial charge in [-0.3, -0.25) is 0 Å². The standard InChI is InChI=1S/C13H22N2O/c1-13(2,10-16)9-14-11-7-5-6-8-12(11)15(3)4/h5-8,14,16H,9-10H2,1-4H3. The Bertz CT molecular complexity index is 334. The summed E-state index contributed by atoms with van der Waals surface area (Å²) in [5.74, 6) is 0. The Balaban J connectivity index is 2.74. The number of anilines is 2. The van der Waals surface area contributed by atoms with Gasteiger partial charge in [-0.05, 0) is 12.1 Å². The highest BCUT2D eigenvalue weighted by atomic mass is 16.3. The van der Waals surface area contributed by atoms with Crippen LogP contribution in [0.5, 0.6) is 0 Å². The minimum absolute atomic E-state index is 0.0978. The Labute approximate surface area is 98.1 Å². The van der Waals surface area contributed by atoms with Gasteiger partial charge in [-0.2, -0.15) is 0 Å². The van der Waals surface area contributed by atoms with Gasteiger partial charge in [0.15, 0.2) is 0 Å². The van der Waals surface area contributed by atoms with Gasteiger partial charge in [0.05, 0.1) is 11.4 Å². The summed E-state index contributed by atoms with van der Waals surface area (Å²) < 4.78 is 0. The van der Waals surface area contributed by atoms with Crippen LogP contribution in [0.2, 0.25) is 0 Å². The molecule has 0 aliphatic rings. The van der Waals surface area contributed by atoms with Gasteiger partial charge < -0.3 is 15.3 Å². The van der Waals surface area contributed by atoms with Crippen molar-refractivity contribution in [2.45, 2.75) is 13.8 Å². The summed E-state index contributed by atoms with van der Waals surface area (Å²) >= 11 is 0. The number of nitrogens with zero attached hydrogens (tertiary/aromatic N) is 1. The van der Waals surface area contributed by atoms with Crippen molar-refractivity contribution in [1.82, 2.24) is 0 Å². The molecule has 0 aliphatic heterocycles. The first-order valence-corrected chi connectivity index (χ1v) is 5.57. The molecular formula is C13H22N2O. The van der Waals surface area contributed by atoms with Gasteiger partial charge in [-0.1, -0.05) is 26.0 Å². The van der Waals surface area contributed by atoms with Gasteiger partial charge in [0, 0.05) is 32.7 Å². The van der Waals surface area contributed by atoms with E-state index in [-0.39, 0.29) is 12.0 Å². The molecule has 0 saturated heterocycles. The number of para-hydroxylation sites is 2. The van der Waals surface area contributed by atoms with Gasteiger partial charge in [0.2, 0.25) is 0 Å². The lowest BCUT2D eigenvalue weighted by molar-refractivity contribution is 0.171. The van der Waals surface area contributed by atoms with Crippen LogP contribution in [0.15, 0.2) is 24.3 Å². The molecule has 0 unspecified atom stereocenters. The molecule has 0 spiro atoms. The van der Waals surface area contributed by atoms with Crippen molar-refractivity contribution in [3.63, 3.8) is 0 Å². The molecule has 1 aromatic rings. The van der Waals surface area contributed by atoms with Crippen LogP contribution >= 0.6 is 0 Å². The fourth-order valence-corrected chi connectivity index (χ4v) is 1.40. The minimum Gasteiger partial charge on any atom is -0.396 e. The number of rotatable bonds is 5. The van der Waals surface area contributed by atoms with Crippen LogP contribution in [0.1, 0.15) is 13.8 Å². The first kappa shape index (κ1) is 12.8. The summed E-state index contributed by atoms with van der Waals surface area (Å²) in [7, 11) is 4.05. The van der Waals surface area contributed by atoms with Crippen LogP contribution in [0.4, 0.5) is 11.4 Å². The van der Waals surface area contributed by atoms with Crippen molar-refractivity contribution in [3.05, 3.63) is 24.3 Å². The van der Waals surface area contributed by atoms with Gasteiger partial charge in [0.1, 0.15) is 0 Å². The van der Waals surface area contributed by atoms with Crippen molar-refractivity contribution >= 4 is 11.4 Å². The summed E-state index contributed by atoms with van der Waals surface area (Å²) in [5.41, 5.74) is 2.17. The third kappa shape index (κ3) is 3.42. The predicted molar refractivity (Wildman–Crippen MR) is 70.1 cm³/mol. The van der Waals surface area contributed by atoms with E-state index in [1.807, 2.05) is 40.1 Å². The third-order valence-corrected chi connectivity index (χ3v) is 2.57. The number of hydrogen-bond acceptors (Lipinski definition) is 3. The number of nitrogens with one attached hydrogen (secondary N) is 1.